The number of hydrogen-bond acceptors (Lipinski definition) is 6. The fraction of sp³-hybridized carbons (Fsp3) is 0.0625. The van der Waals surface area contributed by atoms with Crippen molar-refractivity contribution in [3.05, 3.63) is 52.4 Å². The second kappa shape index (κ2) is 8.41. The third-order valence-corrected chi connectivity index (χ3v) is 7.34. The summed E-state index contributed by atoms with van der Waals surface area (Å²) in [5.41, 5.74) is 2.43. The van der Waals surface area contributed by atoms with Crippen molar-refractivity contribution in [1.82, 2.24) is 0 Å². The fourth-order valence-electron chi connectivity index (χ4n) is 2.32. The molecule has 1 heterocycles. The van der Waals surface area contributed by atoms with Crippen LogP contribution in [0.3, 0.4) is 0 Å². The first-order valence-corrected chi connectivity index (χ1v) is 10.8. The van der Waals surface area contributed by atoms with Crippen molar-refractivity contribution in [1.29, 1.82) is 0 Å². The van der Waals surface area contributed by atoms with Gasteiger partial charge in [-0.05, 0) is 23.3 Å². The molecule has 0 fully saturated rings. The predicted octanol–water partition coefficient (Wildman–Crippen LogP) is 2.24. The molecular formula is C16H13NaO4S4. The van der Waals surface area contributed by atoms with E-state index in [1.165, 1.54) is 29.6 Å². The quantitative estimate of drug-likeness (QED) is 0.304. The normalized spacial score (nSPS) is 11.0. The second-order valence-electron chi connectivity index (χ2n) is 4.86. The van der Waals surface area contributed by atoms with Crippen molar-refractivity contribution in [3.63, 3.8) is 0 Å². The molecule has 0 aliphatic heterocycles. The van der Waals surface area contributed by atoms with Gasteiger partial charge in [-0.2, -0.15) is 8.42 Å². The molecule has 0 spiro atoms. The zero-order valence-electron chi connectivity index (χ0n) is 14.4. The minimum absolute atomic E-state index is 0. The molecule has 0 aliphatic rings. The van der Waals surface area contributed by atoms with Gasteiger partial charge in [0.15, 0.2) is 0 Å². The van der Waals surface area contributed by atoms with Gasteiger partial charge in [-0.25, -0.2) is 0 Å². The van der Waals surface area contributed by atoms with Gasteiger partial charge in [-0.3, -0.25) is 4.55 Å². The Morgan fingerprint density at radius 3 is 2.36 bits per heavy atom. The van der Waals surface area contributed by atoms with Crippen molar-refractivity contribution < 1.29 is 48.7 Å². The topological polar surface area (TPSA) is 63.6 Å². The summed E-state index contributed by atoms with van der Waals surface area (Å²) in [6.07, 6.45) is 0. The van der Waals surface area contributed by atoms with Gasteiger partial charge in [0.25, 0.3) is 10.1 Å². The van der Waals surface area contributed by atoms with E-state index in [2.05, 4.69) is 0 Å². The van der Waals surface area contributed by atoms with E-state index in [-0.39, 0.29) is 41.6 Å². The van der Waals surface area contributed by atoms with Crippen LogP contribution in [-0.2, 0) is 10.1 Å². The summed E-state index contributed by atoms with van der Waals surface area (Å²) in [6.45, 7) is 0. The first-order chi connectivity index (χ1) is 11.4. The number of hydrogen-bond donors (Lipinski definition) is 1. The number of ether oxygens (including phenoxy) is 1. The third-order valence-electron chi connectivity index (χ3n) is 3.40. The Morgan fingerprint density at radius 2 is 1.76 bits per heavy atom. The fourth-order valence-corrected chi connectivity index (χ4v) is 5.92. The van der Waals surface area contributed by atoms with Crippen molar-refractivity contribution in [3.8, 4) is 27.3 Å². The van der Waals surface area contributed by atoms with Crippen LogP contribution in [0.2, 0.25) is 0 Å². The van der Waals surface area contributed by atoms with Crippen molar-refractivity contribution in [2.45, 2.75) is 4.90 Å². The van der Waals surface area contributed by atoms with Gasteiger partial charge in [0.2, 0.25) is 0 Å². The van der Waals surface area contributed by atoms with E-state index in [1.807, 2.05) is 30.3 Å². The van der Waals surface area contributed by atoms with Gasteiger partial charge in [-0.15, -0.1) is 0 Å². The first-order valence-electron chi connectivity index (χ1n) is 6.76. The van der Waals surface area contributed by atoms with Gasteiger partial charge in [0.05, 0.1) is 12.0 Å². The van der Waals surface area contributed by atoms with Crippen molar-refractivity contribution in [2.24, 2.45) is 0 Å². The van der Waals surface area contributed by atoms with Gasteiger partial charge in [-0.1, -0.05) is 69.3 Å². The summed E-state index contributed by atoms with van der Waals surface area (Å²) >= 11 is 5.44. The van der Waals surface area contributed by atoms with Crippen LogP contribution in [0.25, 0.3) is 21.6 Å². The standard InChI is InChI=1S/C16H12O4S4.Na.H/c1-20-12-8-7-11(9-13(12)24(17,18)19)14-15(22-23-16(14)21)10-5-3-2-4-6-10;;/h2-9H,1H3,(H,17,18,19);;/q;+1;-1. The average Bonchev–Trinajstić information content (AvgIpc) is 2.96. The second-order valence-corrected chi connectivity index (χ2v) is 9.07. The predicted molar refractivity (Wildman–Crippen MR) is 101 cm³/mol. The molecule has 0 saturated heterocycles. The van der Waals surface area contributed by atoms with E-state index in [4.69, 9.17) is 17.0 Å². The number of rotatable bonds is 4. The molecule has 1 aromatic heterocycles. The van der Waals surface area contributed by atoms with Crippen LogP contribution in [0.5, 0.6) is 5.75 Å². The van der Waals surface area contributed by atoms with Gasteiger partial charge < -0.3 is 6.16 Å². The Morgan fingerprint density at radius 1 is 1.08 bits per heavy atom. The zero-order chi connectivity index (χ0) is 17.3. The van der Waals surface area contributed by atoms with Crippen LogP contribution in [0, 0.1) is 3.82 Å². The number of benzene rings is 2. The van der Waals surface area contributed by atoms with Gasteiger partial charge in [0, 0.05) is 5.56 Å². The molecule has 4 nitrogen and oxygen atoms in total. The molecule has 126 valence electrons. The van der Waals surface area contributed by atoms with Gasteiger partial charge >= 0.3 is 29.6 Å². The van der Waals surface area contributed by atoms with Gasteiger partial charge in [0.1, 0.15) is 14.5 Å². The SMILES string of the molecule is COc1ccc(-c2c(-c3ccccc3)ssc2=S)cc1S(=O)(=O)O.[H-].[Na+]. The molecule has 0 bridgehead atoms. The van der Waals surface area contributed by atoms with E-state index in [0.717, 1.165) is 16.0 Å². The molecule has 3 aromatic rings. The van der Waals surface area contributed by atoms with E-state index in [1.54, 1.807) is 16.4 Å². The average molecular weight is 421 g/mol. The molecule has 2 aromatic carbocycles. The Labute approximate surface area is 182 Å². The minimum Gasteiger partial charge on any atom is -1.00 e. The molecular weight excluding hydrogens is 407 g/mol. The van der Waals surface area contributed by atoms with Crippen LogP contribution in [0.1, 0.15) is 1.43 Å². The van der Waals surface area contributed by atoms with Crippen LogP contribution < -0.4 is 34.3 Å². The maximum atomic E-state index is 11.6. The van der Waals surface area contributed by atoms with Crippen molar-refractivity contribution >= 4 is 43.0 Å². The molecule has 9 heteroatoms. The maximum Gasteiger partial charge on any atom is 1.00 e. The third kappa shape index (κ3) is 4.40. The number of methoxy groups -OCH3 is 1. The van der Waals surface area contributed by atoms with E-state index < -0.39 is 10.1 Å². The molecule has 0 unspecified atom stereocenters. The Kier molecular flexibility index (Phi) is 6.97. The molecule has 0 radical (unpaired) electrons. The summed E-state index contributed by atoms with van der Waals surface area (Å²) in [5, 5.41) is 0. The largest absolute Gasteiger partial charge is 1.00 e. The molecule has 3 rings (SSSR count). The summed E-state index contributed by atoms with van der Waals surface area (Å²) in [4.78, 5) is 0.698. The van der Waals surface area contributed by atoms with Crippen LogP contribution in [0.4, 0.5) is 0 Å². The summed E-state index contributed by atoms with van der Waals surface area (Å²) in [6, 6.07) is 14.4. The summed E-state index contributed by atoms with van der Waals surface area (Å²) < 4.78 is 38.4. The van der Waals surface area contributed by atoms with E-state index >= 15 is 0 Å². The molecule has 25 heavy (non-hydrogen) atoms. The molecule has 0 saturated carbocycles. The summed E-state index contributed by atoms with van der Waals surface area (Å²) in [5.74, 6) is 0.0901. The Balaban J connectivity index is 0.00000169. The van der Waals surface area contributed by atoms with E-state index in [0.29, 0.717) is 9.39 Å². The maximum absolute atomic E-state index is 11.6. The minimum atomic E-state index is -4.40. The smallest absolute Gasteiger partial charge is 1.00 e. The van der Waals surface area contributed by atoms with Crippen LogP contribution in [-0.4, -0.2) is 20.1 Å². The van der Waals surface area contributed by atoms with E-state index in [9.17, 15) is 13.0 Å². The molecule has 0 atom stereocenters. The molecule has 1 N–H and O–H groups in total. The van der Waals surface area contributed by atoms with Crippen LogP contribution in [0.15, 0.2) is 53.4 Å². The zero-order valence-corrected chi connectivity index (χ0v) is 18.7. The first kappa shape index (κ1) is 20.7. The monoisotopic (exact) mass is 420 g/mol. The van der Waals surface area contributed by atoms with Crippen LogP contribution >= 0.6 is 32.9 Å². The Bertz CT molecular complexity index is 1050. The Hall–Kier alpha value is -0.580. The molecule has 0 aliphatic carbocycles. The van der Waals surface area contributed by atoms with Crippen molar-refractivity contribution in [2.75, 3.05) is 7.11 Å². The summed E-state index contributed by atoms with van der Waals surface area (Å²) in [7, 11) is -0.0513. The molecule has 0 amide bonds.